The highest BCUT2D eigenvalue weighted by molar-refractivity contribution is 7.86. The van der Waals surface area contributed by atoms with Crippen molar-refractivity contribution in [2.24, 2.45) is 20.5 Å². The molecule has 52 heavy (non-hydrogen) atoms. The molecule has 0 spiro atoms. The lowest BCUT2D eigenvalue weighted by atomic mass is 10.0. The molecule has 18 heteroatoms. The molecule has 0 saturated heterocycles. The van der Waals surface area contributed by atoms with Crippen molar-refractivity contribution in [2.45, 2.75) is 28.5 Å². The second kappa shape index (κ2) is 13.2. The van der Waals surface area contributed by atoms with Crippen molar-refractivity contribution in [2.75, 3.05) is 11.5 Å². The van der Waals surface area contributed by atoms with Gasteiger partial charge in [0.2, 0.25) is 0 Å². The predicted molar refractivity (Wildman–Crippen MR) is 196 cm³/mol. The van der Waals surface area contributed by atoms with Crippen LogP contribution in [0.2, 0.25) is 0 Å². The van der Waals surface area contributed by atoms with E-state index in [0.29, 0.717) is 22.3 Å². The van der Waals surface area contributed by atoms with Gasteiger partial charge >= 0.3 is 0 Å². The van der Waals surface area contributed by atoms with Gasteiger partial charge in [-0.1, -0.05) is 42.5 Å². The zero-order chi connectivity index (χ0) is 37.7. The van der Waals surface area contributed by atoms with E-state index in [1.54, 1.807) is 49.4 Å². The summed E-state index contributed by atoms with van der Waals surface area (Å²) in [6.45, 7) is 3.59. The zero-order valence-electron chi connectivity index (χ0n) is 27.1. The Morgan fingerprint density at radius 1 is 0.462 bits per heavy atom. The van der Waals surface area contributed by atoms with E-state index >= 15 is 0 Å². The number of nitrogens with zero attached hydrogens (tertiary/aromatic N) is 4. The second-order valence-electron chi connectivity index (χ2n) is 11.7. The quantitative estimate of drug-likeness (QED) is 0.0563. The minimum atomic E-state index is -4.80. The summed E-state index contributed by atoms with van der Waals surface area (Å²) in [5.41, 5.74) is 16.3. The highest BCUT2D eigenvalue weighted by Gasteiger charge is 2.22. The molecule has 7 N–H and O–H groups in total. The number of rotatable bonds is 8. The van der Waals surface area contributed by atoms with Crippen molar-refractivity contribution < 1.29 is 38.9 Å². The summed E-state index contributed by atoms with van der Waals surface area (Å²) in [7, 11) is -14.0. The molecule has 0 aliphatic rings. The normalized spacial score (nSPS) is 12.8. The number of nitrogens with two attached hydrogens (primary N) is 2. The van der Waals surface area contributed by atoms with E-state index in [-0.39, 0.29) is 43.8 Å². The van der Waals surface area contributed by atoms with Crippen molar-refractivity contribution in [1.29, 1.82) is 0 Å². The molecule has 0 aliphatic carbocycles. The molecule has 0 amide bonds. The molecule has 0 aliphatic heterocycles. The lowest BCUT2D eigenvalue weighted by Crippen LogP contribution is -2.03. The van der Waals surface area contributed by atoms with Gasteiger partial charge in [-0.15, -0.1) is 10.2 Å². The molecule has 0 heterocycles. The van der Waals surface area contributed by atoms with Crippen LogP contribution >= 0.6 is 0 Å². The first kappa shape index (κ1) is 36.2. The fourth-order valence-corrected chi connectivity index (χ4v) is 7.53. The Bertz CT molecular complexity index is 2880. The molecule has 0 fully saturated rings. The lowest BCUT2D eigenvalue weighted by Gasteiger charge is -2.11. The molecule has 0 saturated carbocycles. The van der Waals surface area contributed by atoms with Crippen molar-refractivity contribution >= 4 is 86.0 Å². The molecule has 0 aromatic heterocycles. The highest BCUT2D eigenvalue weighted by Crippen LogP contribution is 2.40. The van der Waals surface area contributed by atoms with E-state index in [4.69, 9.17) is 11.5 Å². The van der Waals surface area contributed by atoms with E-state index in [0.717, 1.165) is 41.0 Å². The molecule has 0 bridgehead atoms. The maximum absolute atomic E-state index is 12.2. The van der Waals surface area contributed by atoms with Gasteiger partial charge in [-0.2, -0.15) is 35.5 Å². The summed E-state index contributed by atoms with van der Waals surface area (Å²) in [4.78, 5) is -1.46. The number of nitrogen functional groups attached to an aromatic ring is 2. The first-order chi connectivity index (χ1) is 24.3. The first-order valence-electron chi connectivity index (χ1n) is 15.0. The van der Waals surface area contributed by atoms with Crippen LogP contribution in [0.5, 0.6) is 0 Å². The Hall–Kier alpha value is -5.63. The van der Waals surface area contributed by atoms with Gasteiger partial charge in [0.25, 0.3) is 30.4 Å². The van der Waals surface area contributed by atoms with Crippen LogP contribution < -0.4 is 11.5 Å². The van der Waals surface area contributed by atoms with Crippen molar-refractivity contribution in [3.63, 3.8) is 0 Å². The monoisotopic (exact) mass is 760 g/mol. The molecule has 6 rings (SSSR count). The standard InChI is InChI=1S/C34H28N6O9S3/c1-18-13-20(7-11-27(18)37-39-29-16-31(51(44,45)46)23-5-3-4-6-25(23)33(29)35)21-8-12-28(19(2)14-21)38-40-30-17-32(52(47,48)49)24-10-9-22(50(41,42)43)15-26(24)34(30)36/h3-17H,35-36H2,1-2H3,(H,41,42,43)(H,44,45,46)(H,47,48,49). The van der Waals surface area contributed by atoms with E-state index in [1.165, 1.54) is 12.1 Å². The summed E-state index contributed by atoms with van der Waals surface area (Å²) < 4.78 is 101. The number of anilines is 2. The van der Waals surface area contributed by atoms with Crippen molar-refractivity contribution in [3.8, 4) is 11.1 Å². The molecule has 266 valence electrons. The number of aryl methyl sites for hydroxylation is 2. The molecule has 15 nitrogen and oxygen atoms in total. The number of fused-ring (bicyclic) bond motifs is 2. The smallest absolute Gasteiger partial charge is 0.295 e. The Labute approximate surface area is 297 Å². The van der Waals surface area contributed by atoms with Crippen LogP contribution in [0.3, 0.4) is 0 Å². The van der Waals surface area contributed by atoms with E-state index in [9.17, 15) is 38.9 Å². The van der Waals surface area contributed by atoms with Crippen LogP contribution in [0.25, 0.3) is 32.7 Å². The van der Waals surface area contributed by atoms with E-state index in [1.807, 2.05) is 19.1 Å². The third-order valence-corrected chi connectivity index (χ3v) is 10.9. The summed E-state index contributed by atoms with van der Waals surface area (Å²) in [5.74, 6) is 0. The first-order valence-corrected chi connectivity index (χ1v) is 19.3. The van der Waals surface area contributed by atoms with Gasteiger partial charge in [-0.25, -0.2) is 0 Å². The predicted octanol–water partition coefficient (Wildman–Crippen LogP) is 8.01. The maximum atomic E-state index is 12.2. The molecule has 6 aromatic carbocycles. The zero-order valence-corrected chi connectivity index (χ0v) is 29.6. The average molecular weight is 761 g/mol. The molecule has 0 unspecified atom stereocenters. The van der Waals surface area contributed by atoms with E-state index < -0.39 is 40.1 Å². The fourth-order valence-electron chi connectivity index (χ4n) is 5.59. The lowest BCUT2D eigenvalue weighted by molar-refractivity contribution is 0.481. The van der Waals surface area contributed by atoms with Gasteiger partial charge in [-0.3, -0.25) is 13.7 Å². The van der Waals surface area contributed by atoms with Gasteiger partial charge in [0.1, 0.15) is 21.2 Å². The van der Waals surface area contributed by atoms with Crippen LogP contribution in [-0.2, 0) is 30.4 Å². The number of benzene rings is 6. The van der Waals surface area contributed by atoms with Gasteiger partial charge in [0, 0.05) is 21.5 Å². The maximum Gasteiger partial charge on any atom is 0.295 e. The molecule has 0 atom stereocenters. The fraction of sp³-hybridized carbons (Fsp3) is 0.0588. The molecule has 6 aromatic rings. The largest absolute Gasteiger partial charge is 0.396 e. The topological polar surface area (TPSA) is 265 Å². The third-order valence-electron chi connectivity index (χ3n) is 8.23. The summed E-state index contributed by atoms with van der Waals surface area (Å²) in [6, 6.07) is 22.4. The number of hydrogen-bond donors (Lipinski definition) is 5. The summed E-state index contributed by atoms with van der Waals surface area (Å²) in [6.07, 6.45) is 0. The minimum Gasteiger partial charge on any atom is -0.396 e. The molecular weight excluding hydrogens is 733 g/mol. The molecule has 0 radical (unpaired) electrons. The van der Waals surface area contributed by atoms with Crippen LogP contribution in [0.15, 0.2) is 126 Å². The minimum absolute atomic E-state index is 0.0673. The Balaban J connectivity index is 1.30. The Morgan fingerprint density at radius 3 is 1.33 bits per heavy atom. The van der Waals surface area contributed by atoms with Gasteiger partial charge < -0.3 is 11.5 Å². The van der Waals surface area contributed by atoms with Crippen molar-refractivity contribution in [1.82, 2.24) is 0 Å². The van der Waals surface area contributed by atoms with Crippen LogP contribution in [-0.4, -0.2) is 38.9 Å². The Kier molecular flexibility index (Phi) is 9.16. The summed E-state index contributed by atoms with van der Waals surface area (Å²) in [5, 5.41) is 17.3. The van der Waals surface area contributed by atoms with Crippen molar-refractivity contribution in [3.05, 3.63) is 102 Å². The third kappa shape index (κ3) is 7.11. The van der Waals surface area contributed by atoms with Gasteiger partial charge in [-0.05, 0) is 84.6 Å². The summed E-state index contributed by atoms with van der Waals surface area (Å²) >= 11 is 0. The SMILES string of the molecule is Cc1cc(-c2ccc(N=Nc3cc(S(=O)(=O)O)c4ccc(S(=O)(=O)O)cc4c3N)c(C)c2)ccc1N=Nc1cc(S(=O)(=O)O)c2ccccc2c1N. The van der Waals surface area contributed by atoms with Crippen LogP contribution in [0, 0.1) is 13.8 Å². The highest BCUT2D eigenvalue weighted by atomic mass is 32.2. The van der Waals surface area contributed by atoms with Crippen LogP contribution in [0.1, 0.15) is 11.1 Å². The Morgan fingerprint density at radius 2 is 0.885 bits per heavy atom. The number of hydrogen-bond acceptors (Lipinski definition) is 12. The second-order valence-corrected chi connectivity index (χ2v) is 15.9. The van der Waals surface area contributed by atoms with Crippen LogP contribution in [0.4, 0.5) is 34.1 Å². The van der Waals surface area contributed by atoms with E-state index in [2.05, 4.69) is 20.5 Å². The average Bonchev–Trinajstić information content (AvgIpc) is 3.07. The van der Waals surface area contributed by atoms with Gasteiger partial charge in [0.05, 0.1) is 27.6 Å². The number of azo groups is 2. The van der Waals surface area contributed by atoms with Gasteiger partial charge in [0.15, 0.2) is 0 Å². The molecular formula is C34H28N6O9S3.